The molecule has 0 saturated carbocycles. The molecule has 0 bridgehead atoms. The molecule has 0 unspecified atom stereocenters. The van der Waals surface area contributed by atoms with Crippen molar-refractivity contribution in [1.29, 1.82) is 0 Å². The van der Waals surface area contributed by atoms with Gasteiger partial charge < -0.3 is 4.42 Å². The molecule has 0 amide bonds. The van der Waals surface area contributed by atoms with Gasteiger partial charge in [-0.05, 0) is 112 Å². The number of hydrogen-bond donors (Lipinski definition) is 0. The highest BCUT2D eigenvalue weighted by Crippen LogP contribution is 2.42. The van der Waals surface area contributed by atoms with Gasteiger partial charge in [-0.15, -0.1) is 0 Å². The van der Waals surface area contributed by atoms with Crippen LogP contribution < -0.4 is 0 Å². The second kappa shape index (κ2) is 13.0. The first-order valence-corrected chi connectivity index (χ1v) is 18.5. The highest BCUT2D eigenvalue weighted by atomic mass is 16.3. The van der Waals surface area contributed by atoms with Gasteiger partial charge in [-0.25, -0.2) is 9.97 Å². The number of oxazole rings is 1. The van der Waals surface area contributed by atoms with Crippen molar-refractivity contribution in [3.63, 3.8) is 0 Å². The Bertz CT molecular complexity index is 3030. The average molecular weight is 693 g/mol. The standard InChI is InChI=1S/C51H36N2O/c1-32-29-40(25-27-41(32)43-19-10-9-17-38(43)30-34-13-5-3-6-14-34)49-47(33(2)42-18-11-12-20-45(42)52-49)39-24-22-35-21-23-36-26-28-46-50(48(36)44(35)31-39)54-51(53-46)37-15-7-4-8-16-37/h3-29,31H,30H2,1-2H3. The number of benzene rings is 8. The highest BCUT2D eigenvalue weighted by Gasteiger charge is 2.19. The summed E-state index contributed by atoms with van der Waals surface area (Å²) in [4.78, 5) is 10.3. The number of rotatable bonds is 6. The number of nitrogens with zero attached hydrogens (tertiary/aromatic N) is 2. The second-order valence-corrected chi connectivity index (χ2v) is 14.2. The molecule has 0 radical (unpaired) electrons. The maximum absolute atomic E-state index is 6.57. The molecule has 0 spiro atoms. The summed E-state index contributed by atoms with van der Waals surface area (Å²) in [6, 6.07) is 60.3. The smallest absolute Gasteiger partial charge is 0.227 e. The van der Waals surface area contributed by atoms with Gasteiger partial charge in [-0.2, -0.15) is 0 Å². The van der Waals surface area contributed by atoms with Gasteiger partial charge in [-0.1, -0.05) is 133 Å². The van der Waals surface area contributed by atoms with Crippen molar-refractivity contribution in [2.45, 2.75) is 20.3 Å². The van der Waals surface area contributed by atoms with Crippen molar-refractivity contribution < 1.29 is 4.42 Å². The van der Waals surface area contributed by atoms with E-state index in [1.54, 1.807) is 0 Å². The summed E-state index contributed by atoms with van der Waals surface area (Å²) in [5.41, 5.74) is 15.5. The fourth-order valence-corrected chi connectivity index (χ4v) is 8.19. The van der Waals surface area contributed by atoms with E-state index in [4.69, 9.17) is 14.4 Å². The Morgan fingerprint density at radius 2 is 1.20 bits per heavy atom. The van der Waals surface area contributed by atoms with Gasteiger partial charge in [0.25, 0.3) is 0 Å². The monoisotopic (exact) mass is 692 g/mol. The van der Waals surface area contributed by atoms with E-state index in [-0.39, 0.29) is 0 Å². The zero-order chi connectivity index (χ0) is 36.2. The minimum atomic E-state index is 0.629. The van der Waals surface area contributed by atoms with E-state index in [2.05, 4.69) is 153 Å². The van der Waals surface area contributed by atoms with Crippen LogP contribution in [0.15, 0.2) is 174 Å². The summed E-state index contributed by atoms with van der Waals surface area (Å²) in [6.45, 7) is 4.46. The highest BCUT2D eigenvalue weighted by molar-refractivity contribution is 6.19. The fourth-order valence-electron chi connectivity index (χ4n) is 8.19. The van der Waals surface area contributed by atoms with E-state index < -0.39 is 0 Å². The predicted molar refractivity (Wildman–Crippen MR) is 225 cm³/mol. The van der Waals surface area contributed by atoms with Gasteiger partial charge >= 0.3 is 0 Å². The van der Waals surface area contributed by atoms with Gasteiger partial charge in [0.2, 0.25) is 5.89 Å². The first-order chi connectivity index (χ1) is 26.6. The summed E-state index contributed by atoms with van der Waals surface area (Å²) < 4.78 is 6.57. The number of para-hydroxylation sites is 1. The zero-order valence-electron chi connectivity index (χ0n) is 30.2. The molecular weight excluding hydrogens is 657 g/mol. The predicted octanol–water partition coefficient (Wildman–Crippen LogP) is 13.6. The molecule has 0 aliphatic carbocycles. The Morgan fingerprint density at radius 1 is 0.500 bits per heavy atom. The topological polar surface area (TPSA) is 38.9 Å². The summed E-state index contributed by atoms with van der Waals surface area (Å²) in [5, 5.41) is 5.63. The summed E-state index contributed by atoms with van der Waals surface area (Å²) >= 11 is 0. The van der Waals surface area contributed by atoms with Gasteiger partial charge in [0.15, 0.2) is 5.58 Å². The molecule has 0 aliphatic heterocycles. The molecule has 0 fully saturated rings. The van der Waals surface area contributed by atoms with E-state index in [9.17, 15) is 0 Å². The number of fused-ring (bicyclic) bond motifs is 6. The van der Waals surface area contributed by atoms with E-state index in [1.165, 1.54) is 33.4 Å². The van der Waals surface area contributed by atoms with Gasteiger partial charge in [0.05, 0.1) is 11.2 Å². The Kier molecular flexibility index (Phi) is 7.66. The Morgan fingerprint density at radius 3 is 2.06 bits per heavy atom. The minimum Gasteiger partial charge on any atom is -0.435 e. The minimum absolute atomic E-state index is 0.629. The average Bonchev–Trinajstić information content (AvgIpc) is 3.66. The summed E-state index contributed by atoms with van der Waals surface area (Å²) in [6.07, 6.45) is 0.887. The first-order valence-electron chi connectivity index (χ1n) is 18.5. The van der Waals surface area contributed by atoms with Crippen molar-refractivity contribution in [3.05, 3.63) is 192 Å². The Balaban J connectivity index is 1.15. The first kappa shape index (κ1) is 31.9. The Labute approximate surface area is 314 Å². The number of aromatic nitrogens is 2. The van der Waals surface area contributed by atoms with Crippen LogP contribution in [0.1, 0.15) is 22.3 Å². The lowest BCUT2D eigenvalue weighted by atomic mass is 9.88. The number of pyridine rings is 1. The van der Waals surface area contributed by atoms with Crippen LogP contribution in [0.2, 0.25) is 0 Å². The molecule has 0 atom stereocenters. The van der Waals surface area contributed by atoms with Crippen LogP contribution in [0.5, 0.6) is 0 Å². The van der Waals surface area contributed by atoms with Crippen molar-refractivity contribution in [2.24, 2.45) is 0 Å². The molecule has 3 nitrogen and oxygen atoms in total. The molecule has 2 heterocycles. The lowest BCUT2D eigenvalue weighted by Crippen LogP contribution is -1.97. The SMILES string of the molecule is Cc1cc(-c2nc3ccccc3c(C)c2-c2ccc3ccc4ccc5nc(-c6ccccc6)oc5c4c3c2)ccc1-c1ccccc1Cc1ccccc1. The molecule has 10 rings (SSSR count). The second-order valence-electron chi connectivity index (χ2n) is 14.2. The third-order valence-electron chi connectivity index (χ3n) is 10.9. The third kappa shape index (κ3) is 5.45. The van der Waals surface area contributed by atoms with Crippen LogP contribution in [-0.4, -0.2) is 9.97 Å². The lowest BCUT2D eigenvalue weighted by molar-refractivity contribution is 0.623. The normalized spacial score (nSPS) is 11.6. The largest absolute Gasteiger partial charge is 0.435 e. The molecule has 2 aromatic heterocycles. The van der Waals surface area contributed by atoms with Crippen LogP contribution in [0, 0.1) is 13.8 Å². The number of hydrogen-bond acceptors (Lipinski definition) is 3. The van der Waals surface area contributed by atoms with E-state index in [0.29, 0.717) is 5.89 Å². The van der Waals surface area contributed by atoms with Crippen LogP contribution in [-0.2, 0) is 6.42 Å². The maximum Gasteiger partial charge on any atom is 0.227 e. The van der Waals surface area contributed by atoms with Crippen molar-refractivity contribution in [2.75, 3.05) is 0 Å². The van der Waals surface area contributed by atoms with Crippen molar-refractivity contribution >= 4 is 43.5 Å². The van der Waals surface area contributed by atoms with Crippen molar-refractivity contribution in [3.8, 4) is 45.0 Å². The molecular formula is C51H36N2O. The van der Waals surface area contributed by atoms with E-state index in [0.717, 1.165) is 77.9 Å². The fraction of sp³-hybridized carbons (Fsp3) is 0.0588. The summed E-state index contributed by atoms with van der Waals surface area (Å²) in [5.74, 6) is 0.629. The molecule has 8 aromatic carbocycles. The number of aryl methyl sites for hydroxylation is 2. The summed E-state index contributed by atoms with van der Waals surface area (Å²) in [7, 11) is 0. The molecule has 256 valence electrons. The van der Waals surface area contributed by atoms with Crippen LogP contribution in [0.3, 0.4) is 0 Å². The van der Waals surface area contributed by atoms with Gasteiger partial charge in [0, 0.05) is 27.5 Å². The Hall–Kier alpha value is -6.84. The zero-order valence-corrected chi connectivity index (χ0v) is 30.2. The molecule has 3 heteroatoms. The van der Waals surface area contributed by atoms with Crippen LogP contribution in [0.25, 0.3) is 88.5 Å². The lowest BCUT2D eigenvalue weighted by Gasteiger charge is -2.18. The van der Waals surface area contributed by atoms with Crippen LogP contribution in [0.4, 0.5) is 0 Å². The molecule has 0 N–H and O–H groups in total. The van der Waals surface area contributed by atoms with Crippen molar-refractivity contribution in [1.82, 2.24) is 9.97 Å². The third-order valence-corrected chi connectivity index (χ3v) is 10.9. The van der Waals surface area contributed by atoms with Crippen LogP contribution >= 0.6 is 0 Å². The van der Waals surface area contributed by atoms with Gasteiger partial charge in [-0.3, -0.25) is 0 Å². The van der Waals surface area contributed by atoms with E-state index in [1.807, 2.05) is 30.3 Å². The quantitative estimate of drug-likeness (QED) is 0.163. The molecule has 0 saturated heterocycles. The molecule has 10 aromatic rings. The van der Waals surface area contributed by atoms with E-state index >= 15 is 0 Å². The maximum atomic E-state index is 6.57. The molecule has 0 aliphatic rings. The van der Waals surface area contributed by atoms with Gasteiger partial charge in [0.1, 0.15) is 5.52 Å². The molecule has 54 heavy (non-hydrogen) atoms.